The first-order valence-electron chi connectivity index (χ1n) is 5.21. The molecule has 0 aliphatic heterocycles. The van der Waals surface area contributed by atoms with Gasteiger partial charge in [0, 0.05) is 12.2 Å². The summed E-state index contributed by atoms with van der Waals surface area (Å²) >= 11 is 0. The number of anilines is 1. The molecule has 0 saturated heterocycles. The highest BCUT2D eigenvalue weighted by molar-refractivity contribution is 5.85. The lowest BCUT2D eigenvalue weighted by molar-refractivity contribution is -0.274. The molecule has 1 heterocycles. The van der Waals surface area contributed by atoms with E-state index in [1.165, 1.54) is 12.3 Å². The van der Waals surface area contributed by atoms with Gasteiger partial charge in [-0.15, -0.1) is 38.0 Å². The minimum Gasteiger partial charge on any atom is -0.402 e. The SMILES string of the molecule is C[C@H](N)C/C=C/c1cnc(N)c(OC(F)(F)F)c1.Cl.Cl. The summed E-state index contributed by atoms with van der Waals surface area (Å²) < 4.78 is 40.0. The fourth-order valence-electron chi connectivity index (χ4n) is 1.19. The highest BCUT2D eigenvalue weighted by Gasteiger charge is 2.32. The summed E-state index contributed by atoms with van der Waals surface area (Å²) in [5.74, 6) is -0.817. The van der Waals surface area contributed by atoms with Crippen LogP contribution in [0.25, 0.3) is 6.08 Å². The number of hydrogen-bond acceptors (Lipinski definition) is 4. The van der Waals surface area contributed by atoms with Crippen LogP contribution in [-0.4, -0.2) is 17.4 Å². The monoisotopic (exact) mass is 333 g/mol. The van der Waals surface area contributed by atoms with Crippen LogP contribution < -0.4 is 16.2 Å². The van der Waals surface area contributed by atoms with Gasteiger partial charge in [-0.05, 0) is 25.0 Å². The van der Waals surface area contributed by atoms with Crippen molar-refractivity contribution in [3.05, 3.63) is 23.9 Å². The van der Waals surface area contributed by atoms with Gasteiger partial charge in [0.05, 0.1) is 0 Å². The quantitative estimate of drug-likeness (QED) is 0.887. The van der Waals surface area contributed by atoms with Crippen molar-refractivity contribution in [2.24, 2.45) is 5.73 Å². The van der Waals surface area contributed by atoms with E-state index in [4.69, 9.17) is 11.5 Å². The van der Waals surface area contributed by atoms with Crippen molar-refractivity contribution < 1.29 is 17.9 Å². The van der Waals surface area contributed by atoms with Crippen molar-refractivity contribution in [3.63, 3.8) is 0 Å². The molecule has 0 spiro atoms. The van der Waals surface area contributed by atoms with Gasteiger partial charge in [-0.3, -0.25) is 0 Å². The average Bonchev–Trinajstić information content (AvgIpc) is 2.20. The van der Waals surface area contributed by atoms with E-state index in [1.54, 1.807) is 12.2 Å². The van der Waals surface area contributed by atoms with Gasteiger partial charge in [0.2, 0.25) is 0 Å². The molecule has 0 fully saturated rings. The maximum atomic E-state index is 12.1. The second kappa shape index (κ2) is 8.89. The van der Waals surface area contributed by atoms with Gasteiger partial charge in [0.25, 0.3) is 0 Å². The average molecular weight is 334 g/mol. The molecule has 0 amide bonds. The maximum Gasteiger partial charge on any atom is 0.573 e. The number of halogens is 5. The van der Waals surface area contributed by atoms with Crippen LogP contribution in [0.3, 0.4) is 0 Å². The van der Waals surface area contributed by atoms with Crippen LogP contribution in [-0.2, 0) is 0 Å². The smallest absolute Gasteiger partial charge is 0.402 e. The van der Waals surface area contributed by atoms with E-state index in [0.717, 1.165) is 0 Å². The second-order valence-electron chi connectivity index (χ2n) is 3.82. The number of nitrogen functional groups attached to an aromatic ring is 1. The van der Waals surface area contributed by atoms with Gasteiger partial charge >= 0.3 is 6.36 Å². The number of nitrogens with two attached hydrogens (primary N) is 2. The number of aromatic nitrogens is 1. The Morgan fingerprint density at radius 1 is 1.40 bits per heavy atom. The number of ether oxygens (including phenoxy) is 1. The minimum absolute atomic E-state index is 0. The number of nitrogens with zero attached hydrogens (tertiary/aromatic N) is 1. The Hall–Kier alpha value is -1.18. The Kier molecular flexibility index (Phi) is 9.38. The van der Waals surface area contributed by atoms with E-state index in [2.05, 4.69) is 9.72 Å². The van der Waals surface area contributed by atoms with Crippen molar-refractivity contribution in [2.45, 2.75) is 25.7 Å². The Morgan fingerprint density at radius 2 is 2.00 bits per heavy atom. The van der Waals surface area contributed by atoms with Crippen molar-refractivity contribution in [3.8, 4) is 5.75 Å². The van der Waals surface area contributed by atoms with E-state index in [1.807, 2.05) is 6.92 Å². The summed E-state index contributed by atoms with van der Waals surface area (Å²) in [6, 6.07) is 1.15. The van der Waals surface area contributed by atoms with Gasteiger partial charge in [-0.25, -0.2) is 4.98 Å². The number of hydrogen-bond donors (Lipinski definition) is 2. The van der Waals surface area contributed by atoms with E-state index < -0.39 is 12.1 Å². The van der Waals surface area contributed by atoms with Crippen LogP contribution in [0.15, 0.2) is 18.3 Å². The van der Waals surface area contributed by atoms with Crippen LogP contribution in [0.5, 0.6) is 5.75 Å². The molecular weight excluding hydrogens is 318 g/mol. The Morgan fingerprint density at radius 3 is 2.50 bits per heavy atom. The Balaban J connectivity index is 0. The summed E-state index contributed by atoms with van der Waals surface area (Å²) in [5.41, 5.74) is 11.3. The lowest BCUT2D eigenvalue weighted by Gasteiger charge is -2.10. The fourth-order valence-corrected chi connectivity index (χ4v) is 1.19. The summed E-state index contributed by atoms with van der Waals surface area (Å²) in [7, 11) is 0. The summed E-state index contributed by atoms with van der Waals surface area (Å²) in [5, 5.41) is 0. The van der Waals surface area contributed by atoms with Gasteiger partial charge in [-0.2, -0.15) is 0 Å². The van der Waals surface area contributed by atoms with E-state index in [0.29, 0.717) is 12.0 Å². The Bertz CT molecular complexity index is 439. The first kappa shape index (κ1) is 21.1. The zero-order valence-corrected chi connectivity index (χ0v) is 12.2. The third kappa shape index (κ3) is 8.08. The van der Waals surface area contributed by atoms with Gasteiger partial charge in [0.1, 0.15) is 0 Å². The predicted molar refractivity (Wildman–Crippen MR) is 77.1 cm³/mol. The van der Waals surface area contributed by atoms with Crippen molar-refractivity contribution in [2.75, 3.05) is 5.73 Å². The minimum atomic E-state index is -4.79. The molecule has 0 unspecified atom stereocenters. The topological polar surface area (TPSA) is 74.2 Å². The van der Waals surface area contributed by atoms with Crippen LogP contribution in [0.4, 0.5) is 19.0 Å². The molecule has 0 saturated carbocycles. The molecule has 1 atom stereocenters. The van der Waals surface area contributed by atoms with Crippen LogP contribution in [0.2, 0.25) is 0 Å². The summed E-state index contributed by atoms with van der Waals surface area (Å²) in [6.45, 7) is 1.82. The molecule has 0 aliphatic carbocycles. The molecule has 0 radical (unpaired) electrons. The third-order valence-electron chi connectivity index (χ3n) is 1.95. The van der Waals surface area contributed by atoms with Crippen molar-refractivity contribution >= 4 is 36.7 Å². The molecule has 0 bridgehead atoms. The molecular formula is C11H16Cl2F3N3O. The van der Waals surface area contributed by atoms with Crippen LogP contribution in [0, 0.1) is 0 Å². The van der Waals surface area contributed by atoms with E-state index >= 15 is 0 Å². The summed E-state index contributed by atoms with van der Waals surface area (Å²) in [4.78, 5) is 3.63. The Labute approximate surface area is 127 Å². The second-order valence-corrected chi connectivity index (χ2v) is 3.82. The largest absolute Gasteiger partial charge is 0.573 e. The lowest BCUT2D eigenvalue weighted by atomic mass is 10.2. The predicted octanol–water partition coefficient (Wildman–Crippen LogP) is 3.16. The molecule has 4 N–H and O–H groups in total. The molecule has 20 heavy (non-hydrogen) atoms. The lowest BCUT2D eigenvalue weighted by Crippen LogP contribution is -2.18. The molecule has 4 nitrogen and oxygen atoms in total. The van der Waals surface area contributed by atoms with Gasteiger partial charge in [0.15, 0.2) is 11.6 Å². The molecule has 116 valence electrons. The zero-order chi connectivity index (χ0) is 13.8. The maximum absolute atomic E-state index is 12.1. The fraction of sp³-hybridized carbons (Fsp3) is 0.364. The summed E-state index contributed by atoms with van der Waals surface area (Å²) in [6.07, 6.45) is 0.536. The van der Waals surface area contributed by atoms with E-state index in [9.17, 15) is 13.2 Å². The highest BCUT2D eigenvalue weighted by atomic mass is 35.5. The van der Waals surface area contributed by atoms with Gasteiger partial charge < -0.3 is 16.2 Å². The number of alkyl halides is 3. The molecule has 1 rings (SSSR count). The van der Waals surface area contributed by atoms with Crippen LogP contribution in [0.1, 0.15) is 18.9 Å². The molecule has 0 aliphatic rings. The number of rotatable bonds is 4. The zero-order valence-electron chi connectivity index (χ0n) is 10.6. The first-order valence-corrected chi connectivity index (χ1v) is 5.21. The molecule has 9 heteroatoms. The van der Waals surface area contributed by atoms with Crippen molar-refractivity contribution in [1.29, 1.82) is 0 Å². The van der Waals surface area contributed by atoms with Crippen LogP contribution >= 0.6 is 24.8 Å². The molecule has 1 aromatic heterocycles. The standard InChI is InChI=1S/C11H14F3N3O.2ClH/c1-7(15)3-2-4-8-5-9(10(16)17-6-8)18-11(12,13)14;;/h2,4-7H,3,15H2,1H3,(H2,16,17);2*1H/b4-2+;;/t7-;;/m0../s1. The molecule has 1 aromatic rings. The number of pyridine rings is 1. The first-order chi connectivity index (χ1) is 8.28. The van der Waals surface area contributed by atoms with Crippen molar-refractivity contribution in [1.82, 2.24) is 4.98 Å². The highest BCUT2D eigenvalue weighted by Crippen LogP contribution is 2.27. The molecule has 0 aromatic carbocycles. The van der Waals surface area contributed by atoms with Gasteiger partial charge in [-0.1, -0.05) is 12.2 Å². The third-order valence-corrected chi connectivity index (χ3v) is 1.95. The normalized spacial score (nSPS) is 12.4. The van der Waals surface area contributed by atoms with E-state index in [-0.39, 0.29) is 36.7 Å².